The summed E-state index contributed by atoms with van der Waals surface area (Å²) in [7, 11) is -3.26. The predicted molar refractivity (Wildman–Crippen MR) is 63.8 cm³/mol. The standard InChI is InChI=1S/C12H14O5S/c1-2-17-12(14)11(13)9-4-3-5-10-8(9)6-7-18(10,15)16/h3-5,11,13H,2,6-7H2,1H3. The zero-order chi connectivity index (χ0) is 13.3. The Morgan fingerprint density at radius 3 is 2.89 bits per heavy atom. The predicted octanol–water partition coefficient (Wildman–Crippen LogP) is 0.613. The number of esters is 1. The lowest BCUT2D eigenvalue weighted by Gasteiger charge is -2.13. The fourth-order valence-corrected chi connectivity index (χ4v) is 3.67. The van der Waals surface area contributed by atoms with E-state index in [2.05, 4.69) is 0 Å². The van der Waals surface area contributed by atoms with Gasteiger partial charge in [0.1, 0.15) is 0 Å². The van der Waals surface area contributed by atoms with Gasteiger partial charge in [-0.3, -0.25) is 0 Å². The molecular formula is C12H14O5S. The van der Waals surface area contributed by atoms with Gasteiger partial charge in [-0.05, 0) is 30.5 Å². The Hall–Kier alpha value is -1.40. The summed E-state index contributed by atoms with van der Waals surface area (Å²) in [5.74, 6) is -0.732. The molecule has 98 valence electrons. The van der Waals surface area contributed by atoms with E-state index < -0.39 is 21.9 Å². The van der Waals surface area contributed by atoms with Gasteiger partial charge in [0.25, 0.3) is 0 Å². The molecule has 2 rings (SSSR count). The first-order chi connectivity index (χ1) is 8.47. The minimum Gasteiger partial charge on any atom is -0.464 e. The van der Waals surface area contributed by atoms with Crippen LogP contribution >= 0.6 is 0 Å². The Kier molecular flexibility index (Phi) is 3.41. The fraction of sp³-hybridized carbons (Fsp3) is 0.417. The van der Waals surface area contributed by atoms with Crippen LogP contribution in [0.5, 0.6) is 0 Å². The van der Waals surface area contributed by atoms with Gasteiger partial charge < -0.3 is 9.84 Å². The molecule has 0 aliphatic carbocycles. The number of aliphatic hydroxyl groups excluding tert-OH is 1. The molecule has 18 heavy (non-hydrogen) atoms. The maximum absolute atomic E-state index is 11.7. The van der Waals surface area contributed by atoms with Gasteiger partial charge in [0.2, 0.25) is 0 Å². The van der Waals surface area contributed by atoms with E-state index in [0.29, 0.717) is 17.5 Å². The van der Waals surface area contributed by atoms with Gasteiger partial charge in [0, 0.05) is 0 Å². The molecule has 1 aromatic carbocycles. The molecule has 1 unspecified atom stereocenters. The number of carbonyl (C=O) groups excluding carboxylic acids is 1. The van der Waals surface area contributed by atoms with Crippen LogP contribution in [-0.2, 0) is 25.8 Å². The molecule has 5 nitrogen and oxygen atoms in total. The number of carbonyl (C=O) groups is 1. The van der Waals surface area contributed by atoms with E-state index in [4.69, 9.17) is 4.74 Å². The topological polar surface area (TPSA) is 80.7 Å². The smallest absolute Gasteiger partial charge is 0.339 e. The Morgan fingerprint density at radius 1 is 1.50 bits per heavy atom. The highest BCUT2D eigenvalue weighted by molar-refractivity contribution is 7.91. The Morgan fingerprint density at radius 2 is 2.22 bits per heavy atom. The van der Waals surface area contributed by atoms with Crippen LogP contribution in [0.3, 0.4) is 0 Å². The van der Waals surface area contributed by atoms with Crippen molar-refractivity contribution in [1.29, 1.82) is 0 Å². The first-order valence-corrected chi connectivity index (χ1v) is 7.32. The number of fused-ring (bicyclic) bond motifs is 1. The van der Waals surface area contributed by atoms with Gasteiger partial charge >= 0.3 is 5.97 Å². The van der Waals surface area contributed by atoms with Crippen LogP contribution in [0.15, 0.2) is 23.1 Å². The molecule has 0 saturated heterocycles. The summed E-state index contributed by atoms with van der Waals surface area (Å²) in [4.78, 5) is 11.7. The third kappa shape index (κ3) is 2.13. The van der Waals surface area contributed by atoms with E-state index in [0.717, 1.165) is 0 Å². The van der Waals surface area contributed by atoms with E-state index in [9.17, 15) is 18.3 Å². The third-order valence-electron chi connectivity index (χ3n) is 2.93. The molecule has 0 spiro atoms. The van der Waals surface area contributed by atoms with Crippen molar-refractivity contribution in [3.05, 3.63) is 29.3 Å². The maximum Gasteiger partial charge on any atom is 0.339 e. The van der Waals surface area contributed by atoms with Crippen molar-refractivity contribution in [3.63, 3.8) is 0 Å². The van der Waals surface area contributed by atoms with Crippen molar-refractivity contribution in [3.8, 4) is 0 Å². The molecule has 1 aromatic rings. The zero-order valence-electron chi connectivity index (χ0n) is 9.92. The third-order valence-corrected chi connectivity index (χ3v) is 4.72. The van der Waals surface area contributed by atoms with Gasteiger partial charge in [-0.15, -0.1) is 0 Å². The van der Waals surface area contributed by atoms with Crippen molar-refractivity contribution in [2.45, 2.75) is 24.3 Å². The molecule has 1 aliphatic heterocycles. The number of aliphatic hydroxyl groups is 1. The second-order valence-electron chi connectivity index (χ2n) is 4.05. The lowest BCUT2D eigenvalue weighted by Crippen LogP contribution is -2.16. The van der Waals surface area contributed by atoms with Crippen molar-refractivity contribution >= 4 is 15.8 Å². The summed E-state index contributed by atoms with van der Waals surface area (Å²) < 4.78 is 28.2. The van der Waals surface area contributed by atoms with E-state index in [1.54, 1.807) is 13.0 Å². The normalized spacial score (nSPS) is 18.1. The quantitative estimate of drug-likeness (QED) is 0.814. The molecular weight excluding hydrogens is 256 g/mol. The number of sulfone groups is 1. The number of rotatable bonds is 3. The molecule has 1 heterocycles. The zero-order valence-corrected chi connectivity index (χ0v) is 10.7. The SMILES string of the molecule is CCOC(=O)C(O)c1cccc2c1CCS2(=O)=O. The van der Waals surface area contributed by atoms with Gasteiger partial charge in [-0.2, -0.15) is 0 Å². The summed E-state index contributed by atoms with van der Waals surface area (Å²) in [6, 6.07) is 4.58. The second-order valence-corrected chi connectivity index (χ2v) is 6.12. The molecule has 1 aliphatic rings. The lowest BCUT2D eigenvalue weighted by atomic mass is 10.0. The molecule has 1 N–H and O–H groups in total. The van der Waals surface area contributed by atoms with Crippen molar-refractivity contribution in [1.82, 2.24) is 0 Å². The summed E-state index contributed by atoms with van der Waals surface area (Å²) >= 11 is 0. The first kappa shape index (κ1) is 13.0. The Bertz CT molecular complexity index is 576. The van der Waals surface area contributed by atoms with Gasteiger partial charge in [-0.25, -0.2) is 13.2 Å². The van der Waals surface area contributed by atoms with Crippen LogP contribution in [0.4, 0.5) is 0 Å². The molecule has 6 heteroatoms. The number of benzene rings is 1. The molecule has 0 fully saturated rings. The van der Waals surface area contributed by atoms with Crippen LogP contribution in [0.2, 0.25) is 0 Å². The minimum atomic E-state index is -3.26. The molecule has 0 bridgehead atoms. The number of ether oxygens (including phenoxy) is 1. The highest BCUT2D eigenvalue weighted by Crippen LogP contribution is 2.32. The molecule has 0 aromatic heterocycles. The maximum atomic E-state index is 11.7. The Balaban J connectivity index is 2.43. The largest absolute Gasteiger partial charge is 0.464 e. The highest BCUT2D eigenvalue weighted by atomic mass is 32.2. The van der Waals surface area contributed by atoms with Crippen LogP contribution in [0.25, 0.3) is 0 Å². The minimum absolute atomic E-state index is 0.0227. The molecule has 0 radical (unpaired) electrons. The Labute approximate surface area is 105 Å². The van der Waals surface area contributed by atoms with Gasteiger partial charge in [-0.1, -0.05) is 12.1 Å². The van der Waals surface area contributed by atoms with Crippen molar-refractivity contribution < 1.29 is 23.1 Å². The van der Waals surface area contributed by atoms with E-state index >= 15 is 0 Å². The average molecular weight is 270 g/mol. The van der Waals surface area contributed by atoms with E-state index in [-0.39, 0.29) is 17.3 Å². The summed E-state index contributed by atoms with van der Waals surface area (Å²) in [5, 5.41) is 9.89. The van der Waals surface area contributed by atoms with Gasteiger partial charge in [0.05, 0.1) is 17.3 Å². The lowest BCUT2D eigenvalue weighted by molar-refractivity contribution is -0.153. The van der Waals surface area contributed by atoms with Crippen LogP contribution in [-0.4, -0.2) is 31.9 Å². The monoisotopic (exact) mass is 270 g/mol. The van der Waals surface area contributed by atoms with E-state index in [1.807, 2.05) is 0 Å². The number of hydrogen-bond acceptors (Lipinski definition) is 5. The summed E-state index contributed by atoms with van der Waals surface area (Å²) in [6.07, 6.45) is -1.10. The molecule has 0 saturated carbocycles. The fourth-order valence-electron chi connectivity index (χ4n) is 2.09. The highest BCUT2D eigenvalue weighted by Gasteiger charge is 2.31. The molecule has 0 amide bonds. The summed E-state index contributed by atoms with van der Waals surface area (Å²) in [6.45, 7) is 1.81. The molecule has 1 atom stereocenters. The van der Waals surface area contributed by atoms with E-state index in [1.165, 1.54) is 12.1 Å². The van der Waals surface area contributed by atoms with Gasteiger partial charge in [0.15, 0.2) is 15.9 Å². The first-order valence-electron chi connectivity index (χ1n) is 5.66. The number of hydrogen-bond donors (Lipinski definition) is 1. The van der Waals surface area contributed by atoms with Crippen LogP contribution in [0, 0.1) is 0 Å². The van der Waals surface area contributed by atoms with Crippen LogP contribution in [0.1, 0.15) is 24.2 Å². The van der Waals surface area contributed by atoms with Crippen LogP contribution < -0.4 is 0 Å². The second kappa shape index (κ2) is 4.70. The van der Waals surface area contributed by atoms with Crippen molar-refractivity contribution in [2.75, 3.05) is 12.4 Å². The van der Waals surface area contributed by atoms with Crippen molar-refractivity contribution in [2.24, 2.45) is 0 Å². The summed E-state index contributed by atoms with van der Waals surface area (Å²) in [5.41, 5.74) is 0.852. The average Bonchev–Trinajstić information content (AvgIpc) is 2.65.